The van der Waals surface area contributed by atoms with Gasteiger partial charge in [0.1, 0.15) is 0 Å². The Balaban J connectivity index is 2.03. The second-order valence-electron chi connectivity index (χ2n) is 3.81. The molecule has 0 aromatic heterocycles. The fourth-order valence-corrected chi connectivity index (χ4v) is 1.05. The Hall–Kier alpha value is -0.570. The van der Waals surface area contributed by atoms with Gasteiger partial charge in [0.15, 0.2) is 0 Å². The van der Waals surface area contributed by atoms with Crippen LogP contribution in [0.25, 0.3) is 0 Å². The van der Waals surface area contributed by atoms with Crippen LogP contribution in [0.3, 0.4) is 0 Å². The van der Waals surface area contributed by atoms with Gasteiger partial charge in [0, 0.05) is 0 Å². The standard InChI is InChI=1S/C9H17NO2/c1-7(2)6-12-9(11)3-8-4-10-5-8/h7-8,10H,3-6H2,1-2H3. The first kappa shape index (κ1) is 9.52. The first-order chi connectivity index (χ1) is 5.68. The maximum Gasteiger partial charge on any atom is 0.306 e. The van der Waals surface area contributed by atoms with E-state index in [1.165, 1.54) is 0 Å². The lowest BCUT2D eigenvalue weighted by Gasteiger charge is -2.25. The lowest BCUT2D eigenvalue weighted by atomic mass is 10.00. The van der Waals surface area contributed by atoms with Gasteiger partial charge in [0.25, 0.3) is 0 Å². The van der Waals surface area contributed by atoms with E-state index < -0.39 is 0 Å². The average Bonchev–Trinajstić information content (AvgIpc) is 1.93. The van der Waals surface area contributed by atoms with Gasteiger partial charge in [0.05, 0.1) is 13.0 Å². The van der Waals surface area contributed by atoms with Gasteiger partial charge in [-0.05, 0) is 24.9 Å². The van der Waals surface area contributed by atoms with Crippen LogP contribution < -0.4 is 5.32 Å². The largest absolute Gasteiger partial charge is 0.465 e. The van der Waals surface area contributed by atoms with Crippen LogP contribution in [0.5, 0.6) is 0 Å². The van der Waals surface area contributed by atoms with E-state index in [9.17, 15) is 4.79 Å². The number of esters is 1. The van der Waals surface area contributed by atoms with E-state index in [0.29, 0.717) is 24.9 Å². The van der Waals surface area contributed by atoms with Crippen LogP contribution in [0, 0.1) is 11.8 Å². The van der Waals surface area contributed by atoms with Crippen molar-refractivity contribution in [2.24, 2.45) is 11.8 Å². The number of carbonyl (C=O) groups excluding carboxylic acids is 1. The number of nitrogens with one attached hydrogen (secondary N) is 1. The molecule has 12 heavy (non-hydrogen) atoms. The van der Waals surface area contributed by atoms with Crippen LogP contribution >= 0.6 is 0 Å². The van der Waals surface area contributed by atoms with Crippen LogP contribution in [0.2, 0.25) is 0 Å². The zero-order valence-electron chi connectivity index (χ0n) is 7.80. The van der Waals surface area contributed by atoms with Crippen molar-refractivity contribution >= 4 is 5.97 Å². The number of rotatable bonds is 4. The first-order valence-electron chi connectivity index (χ1n) is 4.55. The van der Waals surface area contributed by atoms with Gasteiger partial charge in [0.2, 0.25) is 0 Å². The molecule has 70 valence electrons. The maximum absolute atomic E-state index is 11.1. The highest BCUT2D eigenvalue weighted by Crippen LogP contribution is 2.09. The molecule has 1 N–H and O–H groups in total. The molecule has 0 aliphatic carbocycles. The molecule has 1 heterocycles. The number of hydrogen-bond donors (Lipinski definition) is 1. The molecule has 0 spiro atoms. The summed E-state index contributed by atoms with van der Waals surface area (Å²) in [6.07, 6.45) is 0.583. The highest BCUT2D eigenvalue weighted by atomic mass is 16.5. The van der Waals surface area contributed by atoms with Crippen molar-refractivity contribution in [3.05, 3.63) is 0 Å². The molecule has 3 nitrogen and oxygen atoms in total. The molecule has 0 aromatic rings. The Labute approximate surface area is 73.5 Å². The Morgan fingerprint density at radius 2 is 2.25 bits per heavy atom. The molecule has 0 amide bonds. The van der Waals surface area contributed by atoms with Crippen LogP contribution in [0.15, 0.2) is 0 Å². The molecule has 0 saturated carbocycles. The van der Waals surface area contributed by atoms with Gasteiger partial charge in [-0.15, -0.1) is 0 Å². The third kappa shape index (κ3) is 3.22. The molecule has 0 atom stereocenters. The van der Waals surface area contributed by atoms with E-state index in [0.717, 1.165) is 13.1 Å². The molecule has 1 aliphatic rings. The zero-order chi connectivity index (χ0) is 8.97. The Bertz CT molecular complexity index is 153. The first-order valence-corrected chi connectivity index (χ1v) is 4.55. The highest BCUT2D eigenvalue weighted by Gasteiger charge is 2.20. The normalized spacial score (nSPS) is 17.6. The summed E-state index contributed by atoms with van der Waals surface area (Å²) >= 11 is 0. The summed E-state index contributed by atoms with van der Waals surface area (Å²) in [4.78, 5) is 11.1. The van der Waals surface area contributed by atoms with Crippen molar-refractivity contribution in [2.45, 2.75) is 20.3 Å². The minimum absolute atomic E-state index is 0.0461. The monoisotopic (exact) mass is 171 g/mol. The van der Waals surface area contributed by atoms with Crippen LogP contribution in [0.4, 0.5) is 0 Å². The summed E-state index contributed by atoms with van der Waals surface area (Å²) < 4.78 is 5.04. The van der Waals surface area contributed by atoms with E-state index in [1.54, 1.807) is 0 Å². The lowest BCUT2D eigenvalue weighted by Crippen LogP contribution is -2.43. The van der Waals surface area contributed by atoms with Crippen LogP contribution in [-0.2, 0) is 9.53 Å². The number of hydrogen-bond acceptors (Lipinski definition) is 3. The van der Waals surface area contributed by atoms with E-state index >= 15 is 0 Å². The molecular weight excluding hydrogens is 154 g/mol. The van der Waals surface area contributed by atoms with Crippen molar-refractivity contribution in [1.29, 1.82) is 0 Å². The van der Waals surface area contributed by atoms with Gasteiger partial charge in [-0.1, -0.05) is 13.8 Å². The Morgan fingerprint density at radius 1 is 1.58 bits per heavy atom. The summed E-state index contributed by atoms with van der Waals surface area (Å²) in [6.45, 7) is 6.57. The van der Waals surface area contributed by atoms with Crippen LogP contribution in [-0.4, -0.2) is 25.7 Å². The molecular formula is C9H17NO2. The third-order valence-electron chi connectivity index (χ3n) is 1.90. The summed E-state index contributed by atoms with van der Waals surface area (Å²) in [5, 5.41) is 3.12. The van der Waals surface area contributed by atoms with Gasteiger partial charge in [-0.3, -0.25) is 4.79 Å². The van der Waals surface area contributed by atoms with Gasteiger partial charge < -0.3 is 10.1 Å². The molecule has 1 aliphatic heterocycles. The second-order valence-corrected chi connectivity index (χ2v) is 3.81. The van der Waals surface area contributed by atoms with Crippen molar-refractivity contribution in [1.82, 2.24) is 5.32 Å². The quantitative estimate of drug-likeness (QED) is 0.636. The predicted molar refractivity (Wildman–Crippen MR) is 46.8 cm³/mol. The smallest absolute Gasteiger partial charge is 0.306 e. The SMILES string of the molecule is CC(C)COC(=O)CC1CNC1. The molecule has 0 radical (unpaired) electrons. The summed E-state index contributed by atoms with van der Waals surface area (Å²) in [5.74, 6) is 0.910. The minimum Gasteiger partial charge on any atom is -0.465 e. The maximum atomic E-state index is 11.1. The fraction of sp³-hybridized carbons (Fsp3) is 0.889. The predicted octanol–water partition coefficient (Wildman–Crippen LogP) is 0.795. The molecule has 0 aromatic carbocycles. The molecule has 0 unspecified atom stereocenters. The number of ether oxygens (including phenoxy) is 1. The topological polar surface area (TPSA) is 38.3 Å². The Kier molecular flexibility index (Phi) is 3.53. The van der Waals surface area contributed by atoms with E-state index in [-0.39, 0.29) is 5.97 Å². The Morgan fingerprint density at radius 3 is 2.67 bits per heavy atom. The van der Waals surface area contributed by atoms with Gasteiger partial charge in [-0.2, -0.15) is 0 Å². The van der Waals surface area contributed by atoms with Crippen LogP contribution in [0.1, 0.15) is 20.3 Å². The molecule has 0 bridgehead atoms. The van der Waals surface area contributed by atoms with Crippen molar-refractivity contribution in [3.63, 3.8) is 0 Å². The molecule has 1 fully saturated rings. The van der Waals surface area contributed by atoms with E-state index in [4.69, 9.17) is 4.74 Å². The second kappa shape index (κ2) is 4.45. The van der Waals surface area contributed by atoms with Crippen molar-refractivity contribution in [3.8, 4) is 0 Å². The van der Waals surface area contributed by atoms with E-state index in [1.807, 2.05) is 13.8 Å². The molecule has 1 rings (SSSR count). The molecule has 3 heteroatoms. The minimum atomic E-state index is -0.0461. The summed E-state index contributed by atoms with van der Waals surface area (Å²) in [5.41, 5.74) is 0. The highest BCUT2D eigenvalue weighted by molar-refractivity contribution is 5.69. The van der Waals surface area contributed by atoms with Crippen molar-refractivity contribution in [2.75, 3.05) is 19.7 Å². The lowest BCUT2D eigenvalue weighted by molar-refractivity contribution is -0.146. The summed E-state index contributed by atoms with van der Waals surface area (Å²) in [6, 6.07) is 0. The average molecular weight is 171 g/mol. The molecule has 1 saturated heterocycles. The van der Waals surface area contributed by atoms with E-state index in [2.05, 4.69) is 5.32 Å². The van der Waals surface area contributed by atoms with Gasteiger partial charge >= 0.3 is 5.97 Å². The number of carbonyl (C=O) groups is 1. The van der Waals surface area contributed by atoms with Gasteiger partial charge in [-0.25, -0.2) is 0 Å². The fourth-order valence-electron chi connectivity index (χ4n) is 1.05. The van der Waals surface area contributed by atoms with Crippen molar-refractivity contribution < 1.29 is 9.53 Å². The third-order valence-corrected chi connectivity index (χ3v) is 1.90. The zero-order valence-corrected chi connectivity index (χ0v) is 7.80. The summed E-state index contributed by atoms with van der Waals surface area (Å²) in [7, 11) is 0.